The topological polar surface area (TPSA) is 182 Å². The molecule has 8 rings (SSSR count). The molecule has 5 aliphatic rings. The highest BCUT2D eigenvalue weighted by Gasteiger charge is 2.62. The summed E-state index contributed by atoms with van der Waals surface area (Å²) >= 11 is 0. The number of likely N-dealkylation sites (tertiary alicyclic amines) is 3. The molecule has 0 spiro atoms. The highest BCUT2D eigenvalue weighted by molar-refractivity contribution is 7.90. The zero-order chi connectivity index (χ0) is 46.8. The zero-order valence-electron chi connectivity index (χ0n) is 38.4. The molecule has 0 radical (unpaired) electrons. The monoisotopic (exact) mass is 911 g/mol. The van der Waals surface area contributed by atoms with Crippen molar-refractivity contribution < 1.29 is 46.6 Å². The summed E-state index contributed by atoms with van der Waals surface area (Å²) in [7, 11) is -2.32. The van der Waals surface area contributed by atoms with Gasteiger partial charge in [0.25, 0.3) is 0 Å². The van der Waals surface area contributed by atoms with Crippen LogP contribution < -0.4 is 14.2 Å². The first kappa shape index (κ1) is 46.0. The number of amides is 4. The average Bonchev–Trinajstić information content (AvgIpc) is 4.10. The molecule has 7 atom stereocenters. The largest absolute Gasteiger partial charge is 0.497 e. The molecule has 4 amide bonds. The predicted molar refractivity (Wildman–Crippen MR) is 243 cm³/mol. The number of ketones is 1. The standard InChI is InChI=1S/C49H61N5O10S/c1-9-30-24-49(30,45(58)51-65(60,61)35-16-17-35)25-41(55)40-21-34(63-42-23-38(29-13-11-10-12-14-29)50-39-20-33(62-8)15-18-36(39)42)28-54(40)44(57)37(47(2,3)4)22-43(56)52-26-32-19-31(52)27-53(32)46(59)64-48(5,6)7/h9-15,18,20,23,30-32,34-35,37,40H,1,16-17,19,21-22,24-28H2,2-8H3,(H,51,58)/t30-,31+,32+,34-,37-,40+,49-/m1/s1. The smallest absolute Gasteiger partial charge is 0.410 e. The first-order chi connectivity index (χ1) is 30.6. The number of carbonyl (C=O) groups is 5. The molecule has 5 fully saturated rings. The van der Waals surface area contributed by atoms with Crippen LogP contribution in [0.25, 0.3) is 22.2 Å². The van der Waals surface area contributed by atoms with E-state index in [0.29, 0.717) is 60.4 Å². The van der Waals surface area contributed by atoms with Crippen molar-refractivity contribution in [1.29, 1.82) is 0 Å². The van der Waals surface area contributed by atoms with Gasteiger partial charge >= 0.3 is 6.09 Å². The SMILES string of the molecule is C=C[C@@H]1C[C@]1(CC(=O)[C@@H]1C[C@@H](Oc2cc(-c3ccccc3)nc3cc(OC)ccc23)CN1C(=O)[C@@H](CC(=O)N1C[C@@H]2C[C@H]1CN2C(=O)OC(C)(C)C)C(C)(C)C)C(=O)NS(=O)(=O)C1CC1. The molecule has 1 N–H and O–H groups in total. The molecule has 0 unspecified atom stereocenters. The third-order valence-corrected chi connectivity index (χ3v) is 15.5. The molecule has 4 heterocycles. The molecule has 2 bridgehead atoms. The summed E-state index contributed by atoms with van der Waals surface area (Å²) in [5.74, 6) is -1.93. The second-order valence-electron chi connectivity index (χ2n) is 20.6. The summed E-state index contributed by atoms with van der Waals surface area (Å²) in [5.41, 5.74) is -0.597. The summed E-state index contributed by atoms with van der Waals surface area (Å²) in [5, 5.41) is 0.0613. The molecule has 65 heavy (non-hydrogen) atoms. The van der Waals surface area contributed by atoms with E-state index in [9.17, 15) is 27.6 Å². The lowest BCUT2D eigenvalue weighted by Gasteiger charge is -2.38. The van der Waals surface area contributed by atoms with Crippen molar-refractivity contribution in [1.82, 2.24) is 24.4 Å². The van der Waals surface area contributed by atoms with Crippen molar-refractivity contribution in [2.45, 2.75) is 122 Å². The second-order valence-corrected chi connectivity index (χ2v) is 22.6. The lowest BCUT2D eigenvalue weighted by atomic mass is 9.77. The van der Waals surface area contributed by atoms with Crippen molar-refractivity contribution in [3.63, 3.8) is 0 Å². The van der Waals surface area contributed by atoms with Crippen molar-refractivity contribution in [2.75, 3.05) is 26.7 Å². The van der Waals surface area contributed by atoms with Crippen LogP contribution in [0.15, 0.2) is 67.3 Å². The minimum atomic E-state index is -3.90. The molecule has 2 saturated carbocycles. The fourth-order valence-corrected chi connectivity index (χ4v) is 11.2. The Labute approximate surface area is 381 Å². The number of ether oxygens (including phenoxy) is 3. The zero-order valence-corrected chi connectivity index (χ0v) is 39.2. The number of rotatable bonds is 14. The van der Waals surface area contributed by atoms with Gasteiger partial charge in [-0.15, -0.1) is 6.58 Å². The maximum absolute atomic E-state index is 15.2. The van der Waals surface area contributed by atoms with Crippen LogP contribution in [-0.2, 0) is 33.9 Å². The number of pyridine rings is 1. The molecule has 3 aromatic rings. The Hall–Kier alpha value is -5.51. The second kappa shape index (κ2) is 17.0. The number of Topliss-reactive ketones (excluding diaryl/α,β-unsaturated/α-hetero) is 1. The number of sulfonamides is 1. The minimum Gasteiger partial charge on any atom is -0.497 e. The van der Waals surface area contributed by atoms with Gasteiger partial charge in [-0.1, -0.05) is 57.2 Å². The average molecular weight is 912 g/mol. The Morgan fingerprint density at radius 2 is 1.62 bits per heavy atom. The van der Waals surface area contributed by atoms with Crippen LogP contribution in [0.3, 0.4) is 0 Å². The van der Waals surface area contributed by atoms with E-state index in [1.165, 1.54) is 4.90 Å². The minimum absolute atomic E-state index is 0.00998. The first-order valence-electron chi connectivity index (χ1n) is 22.6. The van der Waals surface area contributed by atoms with E-state index in [1.54, 1.807) is 23.0 Å². The van der Waals surface area contributed by atoms with Crippen molar-refractivity contribution in [3.8, 4) is 22.8 Å². The Morgan fingerprint density at radius 1 is 0.923 bits per heavy atom. The molecule has 3 saturated heterocycles. The molecule has 348 valence electrons. The Balaban J connectivity index is 1.08. The van der Waals surface area contributed by atoms with Crippen LogP contribution in [0.1, 0.15) is 86.5 Å². The van der Waals surface area contributed by atoms with E-state index < -0.39 is 79.4 Å². The van der Waals surface area contributed by atoms with Crippen LogP contribution in [0.5, 0.6) is 11.5 Å². The molecular weight excluding hydrogens is 851 g/mol. The summed E-state index contributed by atoms with van der Waals surface area (Å²) in [4.78, 5) is 81.0. The van der Waals surface area contributed by atoms with Crippen LogP contribution in [0.2, 0.25) is 0 Å². The van der Waals surface area contributed by atoms with Gasteiger partial charge in [-0.05, 0) is 69.9 Å². The van der Waals surface area contributed by atoms with Gasteiger partial charge in [0.15, 0.2) is 5.78 Å². The maximum Gasteiger partial charge on any atom is 0.410 e. The van der Waals surface area contributed by atoms with E-state index in [1.807, 2.05) is 96.1 Å². The van der Waals surface area contributed by atoms with Gasteiger partial charge in [-0.25, -0.2) is 18.2 Å². The van der Waals surface area contributed by atoms with Crippen molar-refractivity contribution in [3.05, 3.63) is 67.3 Å². The highest BCUT2D eigenvalue weighted by atomic mass is 32.2. The Morgan fingerprint density at radius 3 is 2.22 bits per heavy atom. The van der Waals surface area contributed by atoms with E-state index >= 15 is 4.79 Å². The van der Waals surface area contributed by atoms with Gasteiger partial charge < -0.3 is 28.9 Å². The quantitative estimate of drug-likeness (QED) is 0.180. The number of piperazine rings is 1. The number of hydrogen-bond donors (Lipinski definition) is 1. The summed E-state index contributed by atoms with van der Waals surface area (Å²) in [6.07, 6.45) is 1.92. The number of benzene rings is 2. The van der Waals surface area contributed by atoms with Gasteiger partial charge in [-0.3, -0.25) is 23.9 Å². The summed E-state index contributed by atoms with van der Waals surface area (Å²) < 4.78 is 46.1. The van der Waals surface area contributed by atoms with E-state index in [2.05, 4.69) is 11.3 Å². The van der Waals surface area contributed by atoms with Crippen molar-refractivity contribution >= 4 is 50.5 Å². The lowest BCUT2D eigenvalue weighted by molar-refractivity contribution is -0.148. The summed E-state index contributed by atoms with van der Waals surface area (Å²) in [6, 6.07) is 15.5. The third kappa shape index (κ3) is 9.46. The number of allylic oxidation sites excluding steroid dienone is 1. The Kier molecular flexibility index (Phi) is 12.1. The van der Waals surface area contributed by atoms with Crippen LogP contribution in [0.4, 0.5) is 4.79 Å². The van der Waals surface area contributed by atoms with Crippen LogP contribution in [0, 0.1) is 22.7 Å². The number of hydrogen-bond acceptors (Lipinski definition) is 11. The number of methoxy groups -OCH3 is 1. The molecule has 3 aliphatic heterocycles. The molecule has 16 heteroatoms. The predicted octanol–water partition coefficient (Wildman–Crippen LogP) is 6.29. The number of nitrogens with one attached hydrogen (secondary N) is 1. The third-order valence-electron chi connectivity index (χ3n) is 13.7. The number of carbonyl (C=O) groups excluding carboxylic acids is 5. The van der Waals surface area contributed by atoms with E-state index in [-0.39, 0.29) is 50.2 Å². The molecule has 2 aromatic carbocycles. The van der Waals surface area contributed by atoms with Crippen LogP contribution >= 0.6 is 0 Å². The number of nitrogens with zero attached hydrogens (tertiary/aromatic N) is 4. The number of fused-ring (bicyclic) bond motifs is 3. The van der Waals surface area contributed by atoms with E-state index in [0.717, 1.165) is 5.56 Å². The maximum atomic E-state index is 15.2. The van der Waals surface area contributed by atoms with Crippen molar-refractivity contribution in [2.24, 2.45) is 22.7 Å². The lowest BCUT2D eigenvalue weighted by Crippen LogP contribution is -2.53. The normalized spacial score (nSPS) is 25.6. The van der Waals surface area contributed by atoms with Gasteiger partial charge in [-0.2, -0.15) is 0 Å². The highest BCUT2D eigenvalue weighted by Crippen LogP contribution is 2.57. The molecule has 15 nitrogen and oxygen atoms in total. The van der Waals surface area contributed by atoms with Crippen LogP contribution in [-0.4, -0.2) is 120 Å². The number of aromatic nitrogens is 1. The van der Waals surface area contributed by atoms with Gasteiger partial charge in [0.05, 0.1) is 59.6 Å². The molecular formula is C49H61N5O10S. The fraction of sp³-hybridized carbons (Fsp3) is 0.551. The fourth-order valence-electron chi connectivity index (χ4n) is 9.85. The molecule has 2 aliphatic carbocycles. The Bertz CT molecular complexity index is 2510. The van der Waals surface area contributed by atoms with E-state index in [4.69, 9.17) is 19.2 Å². The summed E-state index contributed by atoms with van der Waals surface area (Å²) in [6.45, 7) is 15.7. The molecule has 1 aromatic heterocycles. The van der Waals surface area contributed by atoms with Gasteiger partial charge in [0, 0.05) is 55.4 Å². The first-order valence-corrected chi connectivity index (χ1v) is 24.2. The van der Waals surface area contributed by atoms with Gasteiger partial charge in [0.1, 0.15) is 23.2 Å². The van der Waals surface area contributed by atoms with Gasteiger partial charge in [0.2, 0.25) is 27.7 Å².